The van der Waals surface area contributed by atoms with Crippen LogP contribution in [0.5, 0.6) is 0 Å². The molecule has 200 valence electrons. The molecule has 1 unspecified atom stereocenters. The molecule has 2 fully saturated rings. The molecule has 1 aromatic carbocycles. The van der Waals surface area contributed by atoms with E-state index < -0.39 is 0 Å². The van der Waals surface area contributed by atoms with E-state index in [-0.39, 0.29) is 17.3 Å². The molecule has 0 amide bonds. The lowest BCUT2D eigenvalue weighted by Gasteiger charge is -2.49. The summed E-state index contributed by atoms with van der Waals surface area (Å²) in [7, 11) is 2.13. The fraction of sp³-hybridized carbons (Fsp3) is 0.517. The van der Waals surface area contributed by atoms with Crippen LogP contribution in [0.25, 0.3) is 33.3 Å². The monoisotopic (exact) mass is 514 g/mol. The lowest BCUT2D eigenvalue weighted by Crippen LogP contribution is -2.62. The molecule has 5 heterocycles. The summed E-state index contributed by atoms with van der Waals surface area (Å²) in [6.45, 7) is 9.90. The number of ether oxygens (including phenoxy) is 1. The Morgan fingerprint density at radius 1 is 0.974 bits per heavy atom. The van der Waals surface area contributed by atoms with E-state index in [1.54, 1.807) is 0 Å². The maximum Gasteiger partial charge on any atom is 0.151 e. The van der Waals surface area contributed by atoms with Crippen LogP contribution in [0.4, 0.5) is 5.82 Å². The van der Waals surface area contributed by atoms with E-state index in [1.165, 1.54) is 6.42 Å². The van der Waals surface area contributed by atoms with E-state index in [0.29, 0.717) is 6.04 Å². The summed E-state index contributed by atoms with van der Waals surface area (Å²) in [5.41, 5.74) is 5.02. The van der Waals surface area contributed by atoms with Gasteiger partial charge in [0, 0.05) is 53.5 Å². The second kappa shape index (κ2) is 9.47. The van der Waals surface area contributed by atoms with Crippen LogP contribution >= 0.6 is 0 Å². The van der Waals surface area contributed by atoms with Crippen molar-refractivity contribution in [3.05, 3.63) is 42.9 Å². The largest absolute Gasteiger partial charge is 0.357 e. The fourth-order valence-corrected chi connectivity index (χ4v) is 6.45. The van der Waals surface area contributed by atoms with Crippen LogP contribution in [-0.4, -0.2) is 60.9 Å². The maximum absolute atomic E-state index is 5.91. The fourth-order valence-electron chi connectivity index (χ4n) is 6.45. The molecule has 2 saturated heterocycles. The van der Waals surface area contributed by atoms with Crippen LogP contribution in [-0.2, 0) is 4.74 Å². The van der Waals surface area contributed by atoms with Crippen molar-refractivity contribution < 1.29 is 4.74 Å². The van der Waals surface area contributed by atoms with Gasteiger partial charge in [-0.3, -0.25) is 5.10 Å². The first-order valence-corrected chi connectivity index (χ1v) is 13.7. The minimum absolute atomic E-state index is 0.0190. The number of nitrogens with zero attached hydrogens (tertiary/aromatic N) is 6. The van der Waals surface area contributed by atoms with Gasteiger partial charge in [-0.05, 0) is 83.6 Å². The number of nitrogens with one attached hydrogen (secondary N) is 2. The molecule has 0 spiro atoms. The van der Waals surface area contributed by atoms with Crippen LogP contribution in [0, 0.1) is 0 Å². The van der Waals surface area contributed by atoms with E-state index in [0.717, 1.165) is 71.4 Å². The first-order valence-electron chi connectivity index (χ1n) is 13.7. The van der Waals surface area contributed by atoms with Crippen LogP contribution in [0.1, 0.15) is 66.0 Å². The van der Waals surface area contributed by atoms with Crippen molar-refractivity contribution >= 4 is 16.7 Å². The van der Waals surface area contributed by atoms with Crippen LogP contribution in [0.15, 0.2) is 42.9 Å². The molecule has 0 aliphatic carbocycles. The highest BCUT2D eigenvalue weighted by Gasteiger charge is 2.39. The minimum Gasteiger partial charge on any atom is -0.357 e. The van der Waals surface area contributed by atoms with Crippen LogP contribution in [0.2, 0.25) is 0 Å². The van der Waals surface area contributed by atoms with Crippen LogP contribution < -0.4 is 10.2 Å². The third kappa shape index (κ3) is 4.80. The predicted octanol–water partition coefficient (Wildman–Crippen LogP) is 5.33. The van der Waals surface area contributed by atoms with Crippen molar-refractivity contribution in [3.8, 4) is 22.4 Å². The molecule has 2 aliphatic heterocycles. The first-order chi connectivity index (χ1) is 18.2. The molecule has 2 aliphatic rings. The number of rotatable bonds is 5. The number of piperidine rings is 1. The zero-order valence-electron chi connectivity index (χ0n) is 23.0. The Labute approximate surface area is 224 Å². The van der Waals surface area contributed by atoms with Crippen molar-refractivity contribution in [2.24, 2.45) is 0 Å². The summed E-state index contributed by atoms with van der Waals surface area (Å²) in [6, 6.07) is 8.74. The standard InChI is InChI=1S/C29H38N8O/c1-28(2)14-20(15-29(3,4)35-28)36(5)25-12-11-24(32-33-25)22-10-9-21(23-17-30-34-27(22)23)19-16-31-37(18-19)26-8-6-7-13-38-26/h9-12,16-18,20,26,35H,6-8,13-15H2,1-5H3,(H,30,34). The molecule has 1 atom stereocenters. The Kier molecular flexibility index (Phi) is 6.23. The summed E-state index contributed by atoms with van der Waals surface area (Å²) in [4.78, 5) is 2.28. The molecule has 9 heteroatoms. The molecule has 38 heavy (non-hydrogen) atoms. The molecule has 3 aromatic heterocycles. The Hall–Kier alpha value is -3.30. The van der Waals surface area contributed by atoms with Gasteiger partial charge in [0.1, 0.15) is 6.23 Å². The Bertz CT molecular complexity index is 1400. The van der Waals surface area contributed by atoms with Crippen molar-refractivity contribution in [3.63, 3.8) is 0 Å². The summed E-state index contributed by atoms with van der Waals surface area (Å²) < 4.78 is 7.85. The first kappa shape index (κ1) is 25.0. The number of aromatic nitrogens is 6. The molecular formula is C29H38N8O. The number of hydrogen-bond donors (Lipinski definition) is 2. The molecule has 0 radical (unpaired) electrons. The highest BCUT2D eigenvalue weighted by atomic mass is 16.5. The number of hydrogen-bond acceptors (Lipinski definition) is 7. The van der Waals surface area contributed by atoms with Gasteiger partial charge in [-0.2, -0.15) is 10.2 Å². The number of fused-ring (bicyclic) bond motifs is 1. The molecule has 0 bridgehead atoms. The maximum atomic E-state index is 5.91. The van der Waals surface area contributed by atoms with Gasteiger partial charge >= 0.3 is 0 Å². The zero-order chi connectivity index (χ0) is 26.5. The van der Waals surface area contributed by atoms with Crippen molar-refractivity contribution in [1.29, 1.82) is 0 Å². The quantitative estimate of drug-likeness (QED) is 0.372. The zero-order valence-corrected chi connectivity index (χ0v) is 23.0. The molecule has 4 aromatic rings. The van der Waals surface area contributed by atoms with Gasteiger partial charge in [0.25, 0.3) is 0 Å². The van der Waals surface area contributed by atoms with E-state index in [4.69, 9.17) is 4.74 Å². The lowest BCUT2D eigenvalue weighted by molar-refractivity contribution is -0.0394. The Morgan fingerprint density at radius 3 is 2.47 bits per heavy atom. The molecule has 2 N–H and O–H groups in total. The highest BCUT2D eigenvalue weighted by molar-refractivity contribution is 6.01. The summed E-state index contributed by atoms with van der Waals surface area (Å²) >= 11 is 0. The number of benzene rings is 1. The molecule has 6 rings (SSSR count). The number of anilines is 1. The number of aromatic amines is 1. The van der Waals surface area contributed by atoms with E-state index in [9.17, 15) is 0 Å². The average Bonchev–Trinajstić information content (AvgIpc) is 3.57. The predicted molar refractivity (Wildman–Crippen MR) is 150 cm³/mol. The lowest BCUT2D eigenvalue weighted by atomic mass is 9.79. The molecule has 0 saturated carbocycles. The minimum atomic E-state index is 0.0190. The Balaban J connectivity index is 1.25. The van der Waals surface area contributed by atoms with Crippen molar-refractivity contribution in [2.75, 3.05) is 18.6 Å². The van der Waals surface area contributed by atoms with Gasteiger partial charge in [-0.25, -0.2) is 4.68 Å². The second-order valence-electron chi connectivity index (χ2n) is 12.2. The van der Waals surface area contributed by atoms with Crippen molar-refractivity contribution in [1.82, 2.24) is 35.5 Å². The van der Waals surface area contributed by atoms with E-state index >= 15 is 0 Å². The third-order valence-corrected chi connectivity index (χ3v) is 7.98. The normalized spacial score (nSPS) is 21.6. The van der Waals surface area contributed by atoms with Gasteiger partial charge in [0.05, 0.1) is 23.6 Å². The van der Waals surface area contributed by atoms with Gasteiger partial charge < -0.3 is 15.0 Å². The summed E-state index contributed by atoms with van der Waals surface area (Å²) in [5, 5.41) is 26.2. The Morgan fingerprint density at radius 2 is 1.76 bits per heavy atom. The highest BCUT2D eigenvalue weighted by Crippen LogP contribution is 2.36. The van der Waals surface area contributed by atoms with Gasteiger partial charge in [0.15, 0.2) is 5.82 Å². The van der Waals surface area contributed by atoms with Crippen molar-refractivity contribution in [2.45, 2.75) is 83.1 Å². The van der Waals surface area contributed by atoms with Gasteiger partial charge in [-0.15, -0.1) is 10.2 Å². The molecular weight excluding hydrogens is 476 g/mol. The summed E-state index contributed by atoms with van der Waals surface area (Å²) in [6.07, 6.45) is 11.3. The average molecular weight is 515 g/mol. The van der Waals surface area contributed by atoms with E-state index in [1.807, 2.05) is 17.1 Å². The SMILES string of the molecule is CN(c1ccc(-c2ccc(-c3cnn(C4CCCCO4)c3)c3cn[nH]c23)nn1)C1CC(C)(C)NC(C)(C)C1. The smallest absolute Gasteiger partial charge is 0.151 e. The number of H-pyrrole nitrogens is 1. The van der Waals surface area contributed by atoms with Gasteiger partial charge in [-0.1, -0.05) is 6.07 Å². The van der Waals surface area contributed by atoms with E-state index in [2.05, 4.69) is 101 Å². The topological polar surface area (TPSA) is 96.8 Å². The third-order valence-electron chi connectivity index (χ3n) is 7.98. The summed E-state index contributed by atoms with van der Waals surface area (Å²) in [5.74, 6) is 0.891. The molecule has 9 nitrogen and oxygen atoms in total. The second-order valence-corrected chi connectivity index (χ2v) is 12.2. The van der Waals surface area contributed by atoms with Gasteiger partial charge in [0.2, 0.25) is 0 Å². The van der Waals surface area contributed by atoms with Crippen LogP contribution in [0.3, 0.4) is 0 Å².